The van der Waals surface area contributed by atoms with Crippen molar-refractivity contribution in [1.82, 2.24) is 4.31 Å². The zero-order valence-corrected chi connectivity index (χ0v) is 16.6. The summed E-state index contributed by atoms with van der Waals surface area (Å²) in [5, 5.41) is 2.94. The van der Waals surface area contributed by atoms with E-state index in [0.29, 0.717) is 18.9 Å². The van der Waals surface area contributed by atoms with Crippen molar-refractivity contribution >= 4 is 21.6 Å². The number of carbonyl (C=O) groups is 1. The van der Waals surface area contributed by atoms with Gasteiger partial charge in [-0.25, -0.2) is 17.2 Å². The van der Waals surface area contributed by atoms with Crippen LogP contribution in [0.1, 0.15) is 30.4 Å². The summed E-state index contributed by atoms with van der Waals surface area (Å²) in [7, 11) is -3.92. The summed E-state index contributed by atoms with van der Waals surface area (Å²) < 4.78 is 53.1. The lowest BCUT2D eigenvalue weighted by Gasteiger charge is -2.30. The fourth-order valence-electron chi connectivity index (χ4n) is 4.04. The maximum atomic E-state index is 13.4. The summed E-state index contributed by atoms with van der Waals surface area (Å²) in [6, 6.07) is 8.53. The zero-order valence-electron chi connectivity index (χ0n) is 15.8. The number of nitrogens with zero attached hydrogens (tertiary/aromatic N) is 1. The van der Waals surface area contributed by atoms with Gasteiger partial charge in [-0.1, -0.05) is 6.07 Å². The van der Waals surface area contributed by atoms with Crippen molar-refractivity contribution < 1.29 is 22.0 Å². The third kappa shape index (κ3) is 4.04. The minimum Gasteiger partial charge on any atom is -0.326 e. The van der Waals surface area contributed by atoms with Crippen molar-refractivity contribution in [2.75, 3.05) is 18.4 Å². The first-order valence-corrected chi connectivity index (χ1v) is 11.2. The first kappa shape index (κ1) is 20.0. The minimum atomic E-state index is -3.92. The molecule has 154 valence electrons. The molecule has 2 aromatic rings. The highest BCUT2D eigenvalue weighted by molar-refractivity contribution is 7.89. The molecule has 1 saturated heterocycles. The number of benzene rings is 2. The van der Waals surface area contributed by atoms with Crippen LogP contribution in [0.5, 0.6) is 0 Å². The van der Waals surface area contributed by atoms with E-state index >= 15 is 0 Å². The van der Waals surface area contributed by atoms with Crippen LogP contribution in [0.4, 0.5) is 14.5 Å². The van der Waals surface area contributed by atoms with Crippen LogP contribution in [-0.2, 0) is 27.7 Å². The molecule has 29 heavy (non-hydrogen) atoms. The Labute approximate surface area is 168 Å². The summed E-state index contributed by atoms with van der Waals surface area (Å²) >= 11 is 0. The number of anilines is 1. The summed E-state index contributed by atoms with van der Waals surface area (Å²) in [5.41, 5.74) is 3.38. The van der Waals surface area contributed by atoms with Crippen molar-refractivity contribution in [1.29, 1.82) is 0 Å². The zero-order chi connectivity index (χ0) is 20.6. The molecule has 2 aliphatic rings. The van der Waals surface area contributed by atoms with Gasteiger partial charge in [0.25, 0.3) is 0 Å². The van der Waals surface area contributed by atoms with E-state index in [0.717, 1.165) is 37.1 Å². The third-order valence-corrected chi connectivity index (χ3v) is 7.61. The summed E-state index contributed by atoms with van der Waals surface area (Å²) in [6.45, 7) is 0.313. The van der Waals surface area contributed by atoms with Crippen LogP contribution >= 0.6 is 0 Å². The topological polar surface area (TPSA) is 66.5 Å². The highest BCUT2D eigenvalue weighted by atomic mass is 32.2. The molecule has 1 fully saturated rings. The highest BCUT2D eigenvalue weighted by Gasteiger charge is 2.32. The molecule has 1 aliphatic heterocycles. The van der Waals surface area contributed by atoms with E-state index in [-0.39, 0.29) is 29.8 Å². The van der Waals surface area contributed by atoms with Crippen molar-refractivity contribution in [3.63, 3.8) is 0 Å². The van der Waals surface area contributed by atoms with Crippen LogP contribution in [0.25, 0.3) is 0 Å². The normalized spacial score (nSPS) is 17.9. The largest absolute Gasteiger partial charge is 0.326 e. The standard InChI is InChI=1S/C21H22F2N2O3S/c22-19-7-6-18(13-20(19)23)29(27,28)25-10-8-15(9-11-25)21(26)24-17-5-4-14-2-1-3-16(14)12-17/h4-7,12-13,15H,1-3,8-11H2,(H,24,26). The number of amides is 1. The molecule has 0 aromatic heterocycles. The number of hydrogen-bond donors (Lipinski definition) is 1. The average molecular weight is 420 g/mol. The molecule has 5 nitrogen and oxygen atoms in total. The molecule has 0 atom stereocenters. The second-order valence-corrected chi connectivity index (χ2v) is 9.52. The highest BCUT2D eigenvalue weighted by Crippen LogP contribution is 2.28. The van der Waals surface area contributed by atoms with Crippen LogP contribution in [0.2, 0.25) is 0 Å². The summed E-state index contributed by atoms with van der Waals surface area (Å²) in [5.74, 6) is -2.70. The summed E-state index contributed by atoms with van der Waals surface area (Å²) in [4.78, 5) is 12.3. The number of aryl methyl sites for hydroxylation is 2. The Morgan fingerprint density at radius 2 is 1.69 bits per heavy atom. The number of piperidine rings is 1. The molecule has 0 saturated carbocycles. The predicted molar refractivity (Wildman–Crippen MR) is 105 cm³/mol. The van der Waals surface area contributed by atoms with Gasteiger partial charge in [-0.2, -0.15) is 4.31 Å². The van der Waals surface area contributed by atoms with E-state index in [9.17, 15) is 22.0 Å². The van der Waals surface area contributed by atoms with Crippen LogP contribution in [0, 0.1) is 17.6 Å². The quantitative estimate of drug-likeness (QED) is 0.823. The molecule has 0 bridgehead atoms. The maximum absolute atomic E-state index is 13.4. The number of sulfonamides is 1. The molecule has 1 amide bonds. The molecule has 8 heteroatoms. The third-order valence-electron chi connectivity index (χ3n) is 5.72. The van der Waals surface area contributed by atoms with Gasteiger partial charge >= 0.3 is 0 Å². The van der Waals surface area contributed by atoms with E-state index in [1.165, 1.54) is 15.4 Å². The van der Waals surface area contributed by atoms with Crippen molar-refractivity contribution in [3.8, 4) is 0 Å². The van der Waals surface area contributed by atoms with Gasteiger partial charge < -0.3 is 5.32 Å². The molecule has 1 aliphatic carbocycles. The second-order valence-electron chi connectivity index (χ2n) is 7.58. The fourth-order valence-corrected chi connectivity index (χ4v) is 5.52. The Kier molecular flexibility index (Phi) is 5.40. The van der Waals surface area contributed by atoms with Crippen LogP contribution in [0.15, 0.2) is 41.3 Å². The number of nitrogens with one attached hydrogen (secondary N) is 1. The fraction of sp³-hybridized carbons (Fsp3) is 0.381. The molecular formula is C21H22F2N2O3S. The van der Waals surface area contributed by atoms with E-state index in [1.54, 1.807) is 0 Å². The maximum Gasteiger partial charge on any atom is 0.243 e. The number of halogens is 2. The summed E-state index contributed by atoms with van der Waals surface area (Å²) in [6.07, 6.45) is 3.99. The number of hydrogen-bond acceptors (Lipinski definition) is 3. The van der Waals surface area contributed by atoms with Gasteiger partial charge in [-0.05, 0) is 73.6 Å². The van der Waals surface area contributed by atoms with Crippen LogP contribution in [-0.4, -0.2) is 31.7 Å². The van der Waals surface area contributed by atoms with E-state index in [4.69, 9.17) is 0 Å². The molecule has 2 aromatic carbocycles. The predicted octanol–water partition coefficient (Wildman–Crippen LogP) is 3.49. The first-order valence-electron chi connectivity index (χ1n) is 9.72. The van der Waals surface area contributed by atoms with E-state index < -0.39 is 21.7 Å². The number of fused-ring (bicyclic) bond motifs is 1. The second kappa shape index (κ2) is 7.84. The lowest BCUT2D eigenvalue weighted by atomic mass is 9.97. The van der Waals surface area contributed by atoms with Gasteiger partial charge in [0, 0.05) is 24.7 Å². The average Bonchev–Trinajstić information content (AvgIpc) is 3.18. The van der Waals surface area contributed by atoms with Crippen molar-refractivity contribution in [2.24, 2.45) is 5.92 Å². The van der Waals surface area contributed by atoms with Crippen LogP contribution < -0.4 is 5.32 Å². The van der Waals surface area contributed by atoms with Gasteiger partial charge in [0.2, 0.25) is 15.9 Å². The van der Waals surface area contributed by atoms with Gasteiger partial charge in [0.1, 0.15) is 0 Å². The molecule has 0 radical (unpaired) electrons. The minimum absolute atomic E-state index is 0.118. The lowest BCUT2D eigenvalue weighted by Crippen LogP contribution is -2.41. The first-order chi connectivity index (χ1) is 13.8. The smallest absolute Gasteiger partial charge is 0.243 e. The van der Waals surface area contributed by atoms with E-state index in [2.05, 4.69) is 11.4 Å². The number of carbonyl (C=O) groups excluding carboxylic acids is 1. The Morgan fingerprint density at radius 1 is 0.966 bits per heavy atom. The van der Waals surface area contributed by atoms with Crippen molar-refractivity contribution in [2.45, 2.75) is 37.0 Å². The van der Waals surface area contributed by atoms with Crippen LogP contribution in [0.3, 0.4) is 0 Å². The Morgan fingerprint density at radius 3 is 2.41 bits per heavy atom. The molecule has 1 N–H and O–H groups in total. The molecular weight excluding hydrogens is 398 g/mol. The van der Waals surface area contributed by atoms with Gasteiger partial charge in [0.05, 0.1) is 4.90 Å². The Hall–Kier alpha value is -2.32. The Bertz CT molecular complexity index is 1050. The molecule has 4 rings (SSSR count). The van der Waals surface area contributed by atoms with Crippen molar-refractivity contribution in [3.05, 3.63) is 59.2 Å². The molecule has 0 spiro atoms. The molecule has 1 heterocycles. The van der Waals surface area contributed by atoms with Gasteiger partial charge in [0.15, 0.2) is 11.6 Å². The Balaban J connectivity index is 1.38. The SMILES string of the molecule is O=C(Nc1ccc2c(c1)CCC2)C1CCN(S(=O)(=O)c2ccc(F)c(F)c2)CC1. The molecule has 0 unspecified atom stereocenters. The monoisotopic (exact) mass is 420 g/mol. The van der Waals surface area contributed by atoms with Gasteiger partial charge in [-0.3, -0.25) is 4.79 Å². The number of rotatable bonds is 4. The van der Waals surface area contributed by atoms with Gasteiger partial charge in [-0.15, -0.1) is 0 Å². The van der Waals surface area contributed by atoms with E-state index in [1.807, 2.05) is 12.1 Å². The lowest BCUT2D eigenvalue weighted by molar-refractivity contribution is -0.120.